The van der Waals surface area contributed by atoms with E-state index in [1.54, 1.807) is 0 Å². The van der Waals surface area contributed by atoms with Gasteiger partial charge in [-0.05, 0) is 69.9 Å². The molecule has 20 heavy (non-hydrogen) atoms. The summed E-state index contributed by atoms with van der Waals surface area (Å²) >= 11 is 0. The fourth-order valence-electron chi connectivity index (χ4n) is 4.25. The third kappa shape index (κ3) is 4.19. The molecule has 0 spiro atoms. The predicted octanol–water partition coefficient (Wildman–Crippen LogP) is 2.35. The number of nitrogens with one attached hydrogen (secondary N) is 1. The molecule has 3 heteroatoms. The maximum Gasteiger partial charge on any atom is 0.0546 e. The maximum absolute atomic E-state index is 9.40. The number of nitrogens with zero attached hydrogens (tertiary/aromatic N) is 1. The van der Waals surface area contributed by atoms with E-state index < -0.39 is 0 Å². The van der Waals surface area contributed by atoms with Gasteiger partial charge >= 0.3 is 0 Å². The van der Waals surface area contributed by atoms with Gasteiger partial charge in [0.05, 0.1) is 6.10 Å². The predicted molar refractivity (Wildman–Crippen MR) is 84.7 cm³/mol. The van der Waals surface area contributed by atoms with E-state index in [0.29, 0.717) is 6.04 Å². The van der Waals surface area contributed by atoms with Crippen molar-refractivity contribution in [2.45, 2.75) is 58.1 Å². The molecule has 2 fully saturated rings. The van der Waals surface area contributed by atoms with Gasteiger partial charge in [0.2, 0.25) is 0 Å². The first-order valence-corrected chi connectivity index (χ1v) is 8.53. The lowest BCUT2D eigenvalue weighted by atomic mass is 9.73. The van der Waals surface area contributed by atoms with Gasteiger partial charge in [0.25, 0.3) is 0 Å². The largest absolute Gasteiger partial charge is 0.393 e. The van der Waals surface area contributed by atoms with Crippen LogP contribution in [0.25, 0.3) is 0 Å². The van der Waals surface area contributed by atoms with Crippen LogP contribution in [0, 0.1) is 23.7 Å². The number of hydrogen-bond acceptors (Lipinski definition) is 3. The lowest BCUT2D eigenvalue weighted by molar-refractivity contribution is 0.0230. The highest BCUT2D eigenvalue weighted by Crippen LogP contribution is 2.35. The van der Waals surface area contributed by atoms with Crippen molar-refractivity contribution in [3.8, 4) is 0 Å². The van der Waals surface area contributed by atoms with Gasteiger partial charge in [-0.1, -0.05) is 13.8 Å². The summed E-state index contributed by atoms with van der Waals surface area (Å²) in [4.78, 5) is 2.51. The van der Waals surface area contributed by atoms with Crippen LogP contribution < -0.4 is 5.32 Å². The molecule has 3 nitrogen and oxygen atoms in total. The van der Waals surface area contributed by atoms with Gasteiger partial charge in [-0.15, -0.1) is 0 Å². The Bertz CT molecular complexity index is 289. The first-order valence-electron chi connectivity index (χ1n) is 8.53. The fourth-order valence-corrected chi connectivity index (χ4v) is 4.25. The minimum absolute atomic E-state index is 0.0153. The molecule has 0 bridgehead atoms. The van der Waals surface area contributed by atoms with E-state index in [1.165, 1.54) is 25.8 Å². The molecule has 0 saturated heterocycles. The number of aliphatic hydroxyl groups is 1. The van der Waals surface area contributed by atoms with Crippen LogP contribution in [0.5, 0.6) is 0 Å². The highest BCUT2D eigenvalue weighted by Gasteiger charge is 2.33. The Morgan fingerprint density at radius 3 is 2.40 bits per heavy atom. The topological polar surface area (TPSA) is 35.5 Å². The van der Waals surface area contributed by atoms with Crippen LogP contribution in [0.2, 0.25) is 0 Å². The SMILES string of the molecule is CNC1CCC(C(C)C)CC1CN(C)CC1CC(O)C1. The third-order valence-corrected chi connectivity index (χ3v) is 5.66. The monoisotopic (exact) mass is 282 g/mol. The lowest BCUT2D eigenvalue weighted by Crippen LogP contribution is -2.46. The maximum atomic E-state index is 9.40. The van der Waals surface area contributed by atoms with Gasteiger partial charge < -0.3 is 15.3 Å². The van der Waals surface area contributed by atoms with Crippen molar-refractivity contribution < 1.29 is 5.11 Å². The van der Waals surface area contributed by atoms with E-state index in [4.69, 9.17) is 0 Å². The summed E-state index contributed by atoms with van der Waals surface area (Å²) < 4.78 is 0. The van der Waals surface area contributed by atoms with E-state index in [1.807, 2.05) is 0 Å². The van der Waals surface area contributed by atoms with Crippen molar-refractivity contribution in [3.63, 3.8) is 0 Å². The van der Waals surface area contributed by atoms with Crippen LogP contribution in [-0.4, -0.2) is 49.3 Å². The van der Waals surface area contributed by atoms with Gasteiger partial charge in [0.15, 0.2) is 0 Å². The van der Waals surface area contributed by atoms with Crippen molar-refractivity contribution in [1.29, 1.82) is 0 Å². The average molecular weight is 282 g/mol. The van der Waals surface area contributed by atoms with Crippen molar-refractivity contribution >= 4 is 0 Å². The lowest BCUT2D eigenvalue weighted by Gasteiger charge is -2.41. The molecule has 0 aromatic heterocycles. The van der Waals surface area contributed by atoms with Crippen molar-refractivity contribution in [1.82, 2.24) is 10.2 Å². The molecular formula is C17H34N2O. The van der Waals surface area contributed by atoms with Crippen LogP contribution in [-0.2, 0) is 0 Å². The van der Waals surface area contributed by atoms with E-state index in [2.05, 4.69) is 38.2 Å². The van der Waals surface area contributed by atoms with Crippen LogP contribution in [0.3, 0.4) is 0 Å². The van der Waals surface area contributed by atoms with Gasteiger partial charge in [0.1, 0.15) is 0 Å². The normalized spacial score (nSPS) is 38.2. The van der Waals surface area contributed by atoms with Crippen molar-refractivity contribution in [3.05, 3.63) is 0 Å². The zero-order chi connectivity index (χ0) is 14.7. The molecular weight excluding hydrogens is 248 g/mol. The smallest absolute Gasteiger partial charge is 0.0546 e. The zero-order valence-corrected chi connectivity index (χ0v) is 13.8. The summed E-state index contributed by atoms with van der Waals surface area (Å²) in [7, 11) is 4.38. The molecule has 0 aromatic carbocycles. The Morgan fingerprint density at radius 1 is 1.15 bits per heavy atom. The quantitative estimate of drug-likeness (QED) is 0.785. The number of aliphatic hydroxyl groups excluding tert-OH is 1. The summed E-state index contributed by atoms with van der Waals surface area (Å²) in [6.07, 6.45) is 6.11. The Balaban J connectivity index is 1.80. The summed E-state index contributed by atoms with van der Waals surface area (Å²) in [6, 6.07) is 0.694. The number of hydrogen-bond donors (Lipinski definition) is 2. The second kappa shape index (κ2) is 7.24. The summed E-state index contributed by atoms with van der Waals surface area (Å²) in [6.45, 7) is 7.12. The Labute approximate surface area is 125 Å². The fraction of sp³-hybridized carbons (Fsp3) is 1.00. The van der Waals surface area contributed by atoms with Gasteiger partial charge in [-0.3, -0.25) is 0 Å². The standard InChI is InChI=1S/C17H34N2O/c1-12(2)14-5-6-17(18-3)15(9-14)11-19(4)10-13-7-16(20)8-13/h12-18,20H,5-11H2,1-4H3. The average Bonchev–Trinajstić information content (AvgIpc) is 2.36. The van der Waals surface area contributed by atoms with Gasteiger partial charge in [0, 0.05) is 19.1 Å². The minimum Gasteiger partial charge on any atom is -0.393 e. The Kier molecular flexibility index (Phi) is 5.88. The molecule has 0 aromatic rings. The van der Waals surface area contributed by atoms with Crippen LogP contribution in [0.4, 0.5) is 0 Å². The summed E-state index contributed by atoms with van der Waals surface area (Å²) in [5, 5.41) is 12.9. The Morgan fingerprint density at radius 2 is 1.85 bits per heavy atom. The first kappa shape index (κ1) is 16.3. The van der Waals surface area contributed by atoms with Crippen molar-refractivity contribution in [2.75, 3.05) is 27.2 Å². The highest BCUT2D eigenvalue weighted by molar-refractivity contribution is 4.88. The molecule has 3 unspecified atom stereocenters. The van der Waals surface area contributed by atoms with Crippen LogP contribution in [0.15, 0.2) is 0 Å². The highest BCUT2D eigenvalue weighted by atomic mass is 16.3. The summed E-state index contributed by atoms with van der Waals surface area (Å²) in [5.41, 5.74) is 0. The molecule has 118 valence electrons. The molecule has 3 atom stereocenters. The molecule has 2 N–H and O–H groups in total. The molecule has 2 aliphatic carbocycles. The van der Waals surface area contributed by atoms with E-state index in [-0.39, 0.29) is 6.10 Å². The van der Waals surface area contributed by atoms with Gasteiger partial charge in [-0.25, -0.2) is 0 Å². The Hall–Kier alpha value is -0.120. The summed E-state index contributed by atoms with van der Waals surface area (Å²) in [5.74, 6) is 3.24. The third-order valence-electron chi connectivity index (χ3n) is 5.66. The van der Waals surface area contributed by atoms with E-state index in [9.17, 15) is 5.11 Å². The van der Waals surface area contributed by atoms with Crippen molar-refractivity contribution in [2.24, 2.45) is 23.7 Å². The molecule has 0 amide bonds. The zero-order valence-electron chi connectivity index (χ0n) is 13.8. The van der Waals surface area contributed by atoms with Crippen LogP contribution in [0.1, 0.15) is 46.0 Å². The molecule has 2 rings (SSSR count). The van der Waals surface area contributed by atoms with Crippen LogP contribution >= 0.6 is 0 Å². The number of rotatable bonds is 6. The second-order valence-electron chi connectivity index (χ2n) is 7.68. The first-order chi connectivity index (χ1) is 9.49. The molecule has 2 aliphatic rings. The van der Waals surface area contributed by atoms with E-state index >= 15 is 0 Å². The van der Waals surface area contributed by atoms with E-state index in [0.717, 1.165) is 43.1 Å². The second-order valence-corrected chi connectivity index (χ2v) is 7.68. The molecule has 0 aliphatic heterocycles. The van der Waals surface area contributed by atoms with Gasteiger partial charge in [-0.2, -0.15) is 0 Å². The molecule has 0 heterocycles. The molecule has 0 radical (unpaired) electrons. The minimum atomic E-state index is -0.0153. The molecule has 2 saturated carbocycles.